The minimum Gasteiger partial charge on any atom is -0.472 e. The summed E-state index contributed by atoms with van der Waals surface area (Å²) < 4.78 is 5.82. The fourth-order valence-electron chi connectivity index (χ4n) is 2.35. The Bertz CT molecular complexity index is 613. The van der Waals surface area contributed by atoms with Gasteiger partial charge in [0, 0.05) is 31.4 Å². The number of hydrogen-bond acceptors (Lipinski definition) is 4. The van der Waals surface area contributed by atoms with E-state index in [1.54, 1.807) is 29.4 Å². The summed E-state index contributed by atoms with van der Waals surface area (Å²) in [4.78, 5) is 22.4. The molecule has 1 unspecified atom stereocenters. The maximum absolute atomic E-state index is 12.3. The normalized spacial score (nSPS) is 17.8. The molecule has 0 N–H and O–H groups in total. The Hall–Kier alpha value is -2.43. The zero-order valence-electron chi connectivity index (χ0n) is 11.9. The number of carbonyl (C=O) groups is 1. The molecule has 1 fully saturated rings. The van der Waals surface area contributed by atoms with Crippen LogP contribution in [-0.4, -0.2) is 40.0 Å². The van der Waals surface area contributed by atoms with E-state index in [4.69, 9.17) is 4.74 Å². The standard InChI is InChI=1S/C16H17N3O2/c1-12-5-6-15(18-10-12)21-13-7-9-19(11-13)16(20)14-4-2-3-8-17-14/h2-6,8,10,13H,7,9,11H2,1H3. The van der Waals surface area contributed by atoms with E-state index in [1.165, 1.54) is 0 Å². The van der Waals surface area contributed by atoms with Crippen molar-refractivity contribution in [2.45, 2.75) is 19.4 Å². The number of ether oxygens (including phenoxy) is 1. The molecule has 0 bridgehead atoms. The Balaban J connectivity index is 1.60. The van der Waals surface area contributed by atoms with Gasteiger partial charge in [-0.25, -0.2) is 4.98 Å². The topological polar surface area (TPSA) is 55.3 Å². The fourth-order valence-corrected chi connectivity index (χ4v) is 2.35. The molecule has 0 spiro atoms. The third-order valence-corrected chi connectivity index (χ3v) is 3.49. The van der Waals surface area contributed by atoms with Gasteiger partial charge in [0.25, 0.3) is 5.91 Å². The van der Waals surface area contributed by atoms with Gasteiger partial charge in [0.05, 0.1) is 6.54 Å². The minimum atomic E-state index is -0.0430. The summed E-state index contributed by atoms with van der Waals surface area (Å²) >= 11 is 0. The Labute approximate surface area is 123 Å². The maximum Gasteiger partial charge on any atom is 0.272 e. The number of hydrogen-bond donors (Lipinski definition) is 0. The number of nitrogens with zero attached hydrogens (tertiary/aromatic N) is 3. The number of likely N-dealkylation sites (tertiary alicyclic amines) is 1. The Morgan fingerprint density at radius 2 is 2.19 bits per heavy atom. The number of aryl methyl sites for hydroxylation is 1. The van der Waals surface area contributed by atoms with Crippen molar-refractivity contribution in [2.75, 3.05) is 13.1 Å². The molecule has 108 valence electrons. The summed E-state index contributed by atoms with van der Waals surface area (Å²) in [6, 6.07) is 9.18. The molecule has 0 radical (unpaired) electrons. The van der Waals surface area contributed by atoms with Crippen LogP contribution in [0.15, 0.2) is 42.7 Å². The first kappa shape index (κ1) is 13.5. The first-order valence-electron chi connectivity index (χ1n) is 7.02. The van der Waals surface area contributed by atoms with Crippen molar-refractivity contribution in [3.05, 3.63) is 54.0 Å². The third kappa shape index (κ3) is 3.18. The van der Waals surface area contributed by atoms with Gasteiger partial charge in [-0.15, -0.1) is 0 Å². The summed E-state index contributed by atoms with van der Waals surface area (Å²) in [7, 11) is 0. The highest BCUT2D eigenvalue weighted by Gasteiger charge is 2.28. The van der Waals surface area contributed by atoms with Crippen molar-refractivity contribution >= 4 is 5.91 Å². The van der Waals surface area contributed by atoms with Crippen LogP contribution in [0, 0.1) is 6.92 Å². The lowest BCUT2D eigenvalue weighted by molar-refractivity contribution is 0.0765. The predicted octanol–water partition coefficient (Wildman–Crippen LogP) is 2.08. The molecular weight excluding hydrogens is 266 g/mol. The number of pyridine rings is 2. The highest BCUT2D eigenvalue weighted by Crippen LogP contribution is 2.18. The van der Waals surface area contributed by atoms with Crippen LogP contribution in [0.3, 0.4) is 0 Å². The van der Waals surface area contributed by atoms with Crippen molar-refractivity contribution in [3.8, 4) is 5.88 Å². The van der Waals surface area contributed by atoms with Crippen LogP contribution < -0.4 is 4.74 Å². The summed E-state index contributed by atoms with van der Waals surface area (Å²) in [6.45, 7) is 3.25. The second kappa shape index (κ2) is 5.91. The van der Waals surface area contributed by atoms with Gasteiger partial charge >= 0.3 is 0 Å². The van der Waals surface area contributed by atoms with Crippen molar-refractivity contribution in [1.82, 2.24) is 14.9 Å². The lowest BCUT2D eigenvalue weighted by atomic mass is 10.3. The molecule has 1 aliphatic heterocycles. The second-order valence-corrected chi connectivity index (χ2v) is 5.17. The molecule has 5 nitrogen and oxygen atoms in total. The van der Waals surface area contributed by atoms with Gasteiger partial charge in [0.2, 0.25) is 5.88 Å². The van der Waals surface area contributed by atoms with Gasteiger partial charge in [-0.3, -0.25) is 9.78 Å². The zero-order chi connectivity index (χ0) is 14.7. The molecule has 2 aromatic heterocycles. The molecule has 1 atom stereocenters. The summed E-state index contributed by atoms with van der Waals surface area (Å²) in [5.74, 6) is 0.566. The molecular formula is C16H17N3O2. The summed E-state index contributed by atoms with van der Waals surface area (Å²) in [5, 5.41) is 0. The van der Waals surface area contributed by atoms with E-state index in [0.29, 0.717) is 24.7 Å². The molecule has 0 aliphatic carbocycles. The average molecular weight is 283 g/mol. The molecule has 0 saturated carbocycles. The van der Waals surface area contributed by atoms with Gasteiger partial charge in [-0.05, 0) is 24.6 Å². The Morgan fingerprint density at radius 1 is 1.29 bits per heavy atom. The predicted molar refractivity (Wildman–Crippen MR) is 78.1 cm³/mol. The van der Waals surface area contributed by atoms with Crippen molar-refractivity contribution in [3.63, 3.8) is 0 Å². The van der Waals surface area contributed by atoms with Gasteiger partial charge in [0.1, 0.15) is 11.8 Å². The highest BCUT2D eigenvalue weighted by molar-refractivity contribution is 5.92. The van der Waals surface area contributed by atoms with Crippen LogP contribution in [-0.2, 0) is 0 Å². The number of aromatic nitrogens is 2. The van der Waals surface area contributed by atoms with E-state index in [2.05, 4.69) is 9.97 Å². The molecule has 0 aromatic carbocycles. The smallest absolute Gasteiger partial charge is 0.272 e. The van der Waals surface area contributed by atoms with Crippen molar-refractivity contribution in [1.29, 1.82) is 0 Å². The Morgan fingerprint density at radius 3 is 2.90 bits per heavy atom. The van der Waals surface area contributed by atoms with Gasteiger partial charge in [0.15, 0.2) is 0 Å². The maximum atomic E-state index is 12.3. The third-order valence-electron chi connectivity index (χ3n) is 3.49. The van der Waals surface area contributed by atoms with Crippen LogP contribution >= 0.6 is 0 Å². The lowest BCUT2D eigenvalue weighted by Crippen LogP contribution is -2.31. The van der Waals surface area contributed by atoms with Crippen molar-refractivity contribution in [2.24, 2.45) is 0 Å². The largest absolute Gasteiger partial charge is 0.472 e. The van der Waals surface area contributed by atoms with Crippen LogP contribution in [0.25, 0.3) is 0 Å². The van der Waals surface area contributed by atoms with E-state index in [1.807, 2.05) is 25.1 Å². The molecule has 3 heterocycles. The van der Waals surface area contributed by atoms with E-state index in [9.17, 15) is 4.79 Å². The first-order chi connectivity index (χ1) is 10.2. The average Bonchev–Trinajstić information content (AvgIpc) is 2.98. The number of carbonyl (C=O) groups excluding carboxylic acids is 1. The van der Waals surface area contributed by atoms with E-state index in [-0.39, 0.29) is 12.0 Å². The molecule has 5 heteroatoms. The molecule has 1 amide bonds. The van der Waals surface area contributed by atoms with Crippen LogP contribution in [0.2, 0.25) is 0 Å². The van der Waals surface area contributed by atoms with Crippen LogP contribution in [0.1, 0.15) is 22.5 Å². The minimum absolute atomic E-state index is 0.00660. The van der Waals surface area contributed by atoms with Gasteiger partial charge in [-0.2, -0.15) is 0 Å². The zero-order valence-corrected chi connectivity index (χ0v) is 11.9. The van der Waals surface area contributed by atoms with E-state index in [0.717, 1.165) is 12.0 Å². The fraction of sp³-hybridized carbons (Fsp3) is 0.312. The van der Waals surface area contributed by atoms with E-state index >= 15 is 0 Å². The first-order valence-corrected chi connectivity index (χ1v) is 7.02. The highest BCUT2D eigenvalue weighted by atomic mass is 16.5. The van der Waals surface area contributed by atoms with Crippen LogP contribution in [0.5, 0.6) is 5.88 Å². The molecule has 21 heavy (non-hydrogen) atoms. The van der Waals surface area contributed by atoms with E-state index < -0.39 is 0 Å². The molecule has 2 aromatic rings. The Kier molecular flexibility index (Phi) is 3.81. The van der Waals surface area contributed by atoms with Gasteiger partial charge in [-0.1, -0.05) is 12.1 Å². The van der Waals surface area contributed by atoms with Gasteiger partial charge < -0.3 is 9.64 Å². The summed E-state index contributed by atoms with van der Waals surface area (Å²) in [6.07, 6.45) is 4.22. The lowest BCUT2D eigenvalue weighted by Gasteiger charge is -2.16. The summed E-state index contributed by atoms with van der Waals surface area (Å²) in [5.41, 5.74) is 1.58. The second-order valence-electron chi connectivity index (χ2n) is 5.17. The number of rotatable bonds is 3. The quantitative estimate of drug-likeness (QED) is 0.865. The molecule has 1 aliphatic rings. The molecule has 1 saturated heterocycles. The molecule has 3 rings (SSSR count). The number of amides is 1. The monoisotopic (exact) mass is 283 g/mol. The van der Waals surface area contributed by atoms with Crippen LogP contribution in [0.4, 0.5) is 0 Å². The SMILES string of the molecule is Cc1ccc(OC2CCN(C(=O)c3ccccn3)C2)nc1. The van der Waals surface area contributed by atoms with Crippen molar-refractivity contribution < 1.29 is 9.53 Å².